The molecule has 1 amide bonds. The van der Waals surface area contributed by atoms with Gasteiger partial charge in [0.05, 0.1) is 13.2 Å². The summed E-state index contributed by atoms with van der Waals surface area (Å²) >= 11 is 0. The lowest BCUT2D eigenvalue weighted by Crippen LogP contribution is -2.42. The summed E-state index contributed by atoms with van der Waals surface area (Å²) in [5.74, 6) is 0.481. The maximum atomic E-state index is 11.6. The van der Waals surface area contributed by atoms with Gasteiger partial charge >= 0.3 is 0 Å². The van der Waals surface area contributed by atoms with Gasteiger partial charge in [0.15, 0.2) is 6.61 Å². The van der Waals surface area contributed by atoms with Crippen LogP contribution in [0, 0.1) is 0 Å². The zero-order valence-corrected chi connectivity index (χ0v) is 11.5. The van der Waals surface area contributed by atoms with Gasteiger partial charge in [-0.25, -0.2) is 0 Å². The number of hydrogen-bond acceptors (Lipinski definition) is 5. The molecule has 1 fully saturated rings. The average Bonchev–Trinajstić information content (AvgIpc) is 2.46. The summed E-state index contributed by atoms with van der Waals surface area (Å²) in [5, 5.41) is 2.84. The second-order valence-electron chi connectivity index (χ2n) is 4.67. The third kappa shape index (κ3) is 5.07. The van der Waals surface area contributed by atoms with Crippen LogP contribution in [0.1, 0.15) is 0 Å². The molecule has 0 aliphatic carbocycles. The average molecular weight is 279 g/mol. The van der Waals surface area contributed by atoms with Gasteiger partial charge in [0.25, 0.3) is 5.91 Å². The molecule has 1 saturated heterocycles. The molecule has 1 aromatic rings. The standard InChI is InChI=1S/C14H21N3O3/c15-12-2-1-3-13(10-12)20-11-14(18)16-4-5-17-6-8-19-9-7-17/h1-3,10H,4-9,11,15H2,(H,16,18). The van der Waals surface area contributed by atoms with E-state index in [2.05, 4.69) is 10.2 Å². The van der Waals surface area contributed by atoms with Gasteiger partial charge in [-0.2, -0.15) is 0 Å². The lowest BCUT2D eigenvalue weighted by molar-refractivity contribution is -0.123. The van der Waals surface area contributed by atoms with Crippen molar-refractivity contribution in [2.24, 2.45) is 0 Å². The minimum absolute atomic E-state index is 0.00651. The van der Waals surface area contributed by atoms with Gasteiger partial charge in [-0.3, -0.25) is 9.69 Å². The zero-order valence-electron chi connectivity index (χ0n) is 11.5. The third-order valence-corrected chi connectivity index (χ3v) is 3.08. The van der Waals surface area contributed by atoms with E-state index in [4.69, 9.17) is 15.2 Å². The van der Waals surface area contributed by atoms with Gasteiger partial charge in [0, 0.05) is 37.9 Å². The Morgan fingerprint density at radius 1 is 1.40 bits per heavy atom. The first-order valence-electron chi connectivity index (χ1n) is 6.79. The van der Waals surface area contributed by atoms with E-state index < -0.39 is 0 Å². The van der Waals surface area contributed by atoms with E-state index in [-0.39, 0.29) is 12.5 Å². The van der Waals surface area contributed by atoms with Crippen LogP contribution in [-0.2, 0) is 9.53 Å². The molecular weight excluding hydrogens is 258 g/mol. The first-order valence-corrected chi connectivity index (χ1v) is 6.79. The van der Waals surface area contributed by atoms with Crippen molar-refractivity contribution in [1.29, 1.82) is 0 Å². The number of morpholine rings is 1. The monoisotopic (exact) mass is 279 g/mol. The minimum Gasteiger partial charge on any atom is -0.484 e. The second kappa shape index (κ2) is 7.72. The second-order valence-corrected chi connectivity index (χ2v) is 4.67. The molecule has 0 spiro atoms. The summed E-state index contributed by atoms with van der Waals surface area (Å²) in [6.45, 7) is 4.86. The summed E-state index contributed by atoms with van der Waals surface area (Å²) in [6.07, 6.45) is 0. The quantitative estimate of drug-likeness (QED) is 0.722. The van der Waals surface area contributed by atoms with Crippen molar-refractivity contribution in [3.05, 3.63) is 24.3 Å². The summed E-state index contributed by atoms with van der Waals surface area (Å²) in [4.78, 5) is 13.9. The van der Waals surface area contributed by atoms with E-state index in [9.17, 15) is 4.79 Å². The molecule has 20 heavy (non-hydrogen) atoms. The number of nitrogen functional groups attached to an aromatic ring is 1. The first kappa shape index (κ1) is 14.6. The Balaban J connectivity index is 1.60. The number of carbonyl (C=O) groups excluding carboxylic acids is 1. The molecule has 110 valence electrons. The van der Waals surface area contributed by atoms with Crippen molar-refractivity contribution < 1.29 is 14.3 Å². The van der Waals surface area contributed by atoms with Crippen molar-refractivity contribution in [1.82, 2.24) is 10.2 Å². The fourth-order valence-corrected chi connectivity index (χ4v) is 1.98. The number of nitrogens with two attached hydrogens (primary N) is 1. The number of nitrogens with one attached hydrogen (secondary N) is 1. The molecule has 0 atom stereocenters. The van der Waals surface area contributed by atoms with Crippen molar-refractivity contribution in [2.45, 2.75) is 0 Å². The molecule has 1 aliphatic heterocycles. The number of amides is 1. The Morgan fingerprint density at radius 2 is 2.20 bits per heavy atom. The highest BCUT2D eigenvalue weighted by atomic mass is 16.5. The molecule has 6 nitrogen and oxygen atoms in total. The third-order valence-electron chi connectivity index (χ3n) is 3.08. The fourth-order valence-electron chi connectivity index (χ4n) is 1.98. The van der Waals surface area contributed by atoms with Gasteiger partial charge in [-0.05, 0) is 12.1 Å². The predicted octanol–water partition coefficient (Wildman–Crippen LogP) is 0.0960. The Kier molecular flexibility index (Phi) is 5.64. The summed E-state index contributed by atoms with van der Waals surface area (Å²) in [7, 11) is 0. The van der Waals surface area contributed by atoms with E-state index in [0.29, 0.717) is 18.0 Å². The lowest BCUT2D eigenvalue weighted by atomic mass is 10.3. The van der Waals surface area contributed by atoms with E-state index in [1.807, 2.05) is 0 Å². The van der Waals surface area contributed by atoms with Crippen LogP contribution in [0.5, 0.6) is 5.75 Å². The molecule has 0 unspecified atom stereocenters. The summed E-state index contributed by atoms with van der Waals surface area (Å²) in [6, 6.07) is 7.04. The largest absolute Gasteiger partial charge is 0.484 e. The topological polar surface area (TPSA) is 76.8 Å². The van der Waals surface area contributed by atoms with Crippen molar-refractivity contribution >= 4 is 11.6 Å². The van der Waals surface area contributed by atoms with Crippen LogP contribution in [0.3, 0.4) is 0 Å². The van der Waals surface area contributed by atoms with Crippen LogP contribution in [0.2, 0.25) is 0 Å². The van der Waals surface area contributed by atoms with Crippen LogP contribution < -0.4 is 15.8 Å². The minimum atomic E-state index is -0.124. The Hall–Kier alpha value is -1.79. The molecule has 0 bridgehead atoms. The normalized spacial score (nSPS) is 15.8. The SMILES string of the molecule is Nc1cccc(OCC(=O)NCCN2CCOCC2)c1. The Bertz CT molecular complexity index is 433. The van der Waals surface area contributed by atoms with E-state index in [0.717, 1.165) is 32.8 Å². The first-order chi connectivity index (χ1) is 9.74. The summed E-state index contributed by atoms with van der Waals surface area (Å²) < 4.78 is 10.6. The smallest absolute Gasteiger partial charge is 0.257 e. The molecule has 0 saturated carbocycles. The predicted molar refractivity (Wildman–Crippen MR) is 76.6 cm³/mol. The molecule has 0 radical (unpaired) electrons. The lowest BCUT2D eigenvalue weighted by Gasteiger charge is -2.26. The highest BCUT2D eigenvalue weighted by Gasteiger charge is 2.10. The van der Waals surface area contributed by atoms with E-state index in [1.54, 1.807) is 24.3 Å². The highest BCUT2D eigenvalue weighted by molar-refractivity contribution is 5.77. The maximum absolute atomic E-state index is 11.6. The van der Waals surface area contributed by atoms with Crippen LogP contribution in [-0.4, -0.2) is 56.8 Å². The summed E-state index contributed by atoms with van der Waals surface area (Å²) in [5.41, 5.74) is 6.25. The molecule has 0 aromatic heterocycles. The van der Waals surface area contributed by atoms with Crippen LogP contribution >= 0.6 is 0 Å². The number of benzene rings is 1. The molecule has 2 rings (SSSR count). The molecule has 1 heterocycles. The van der Waals surface area contributed by atoms with Crippen LogP contribution in [0.4, 0.5) is 5.69 Å². The molecule has 1 aliphatic rings. The van der Waals surface area contributed by atoms with Crippen molar-refractivity contribution in [3.8, 4) is 5.75 Å². The van der Waals surface area contributed by atoms with Gasteiger partial charge in [0.2, 0.25) is 0 Å². The van der Waals surface area contributed by atoms with Gasteiger partial charge in [0.1, 0.15) is 5.75 Å². The number of nitrogens with zero attached hydrogens (tertiary/aromatic N) is 1. The Morgan fingerprint density at radius 3 is 2.95 bits per heavy atom. The maximum Gasteiger partial charge on any atom is 0.257 e. The molecular formula is C14H21N3O3. The fraction of sp³-hybridized carbons (Fsp3) is 0.500. The highest BCUT2D eigenvalue weighted by Crippen LogP contribution is 2.13. The Labute approximate surface area is 118 Å². The van der Waals surface area contributed by atoms with Gasteiger partial charge < -0.3 is 20.5 Å². The van der Waals surface area contributed by atoms with Gasteiger partial charge in [-0.15, -0.1) is 0 Å². The zero-order chi connectivity index (χ0) is 14.2. The number of anilines is 1. The van der Waals surface area contributed by atoms with Crippen molar-refractivity contribution in [3.63, 3.8) is 0 Å². The van der Waals surface area contributed by atoms with Crippen molar-refractivity contribution in [2.75, 3.05) is 51.7 Å². The van der Waals surface area contributed by atoms with Crippen LogP contribution in [0.15, 0.2) is 24.3 Å². The van der Waals surface area contributed by atoms with E-state index >= 15 is 0 Å². The number of rotatable bonds is 6. The molecule has 3 N–H and O–H groups in total. The van der Waals surface area contributed by atoms with Gasteiger partial charge in [-0.1, -0.05) is 6.07 Å². The number of ether oxygens (including phenoxy) is 2. The number of carbonyl (C=O) groups is 1. The number of hydrogen-bond donors (Lipinski definition) is 2. The molecule has 1 aromatic carbocycles. The van der Waals surface area contributed by atoms with Crippen LogP contribution in [0.25, 0.3) is 0 Å². The van der Waals surface area contributed by atoms with E-state index in [1.165, 1.54) is 0 Å². The molecule has 6 heteroatoms.